The normalized spacial score (nSPS) is 17.0. The van der Waals surface area contributed by atoms with Gasteiger partial charge in [0.25, 0.3) is 5.91 Å². The molecule has 18 heteroatoms. The third-order valence-electron chi connectivity index (χ3n) is 11.4. The highest BCUT2D eigenvalue weighted by Gasteiger charge is 2.36. The standard InChI is InChI=1S/C51H69N11O7/c1-10-12-38-43(31(4)57-45(59-38)30(3)13-16-35(11-2)51(6,7)8)48(65)60-39(19-20-52)50(67)62(9)44-34-15-18-42(69-26-23-55)37(29-34)36-27-33(14-17-41(36)68-25-22-54)28-40(47(64)56-24-21-53)61-46(63)32(5)58-49(44)66/h11,13-18,27,29,32,39-40,44H,2,10,12,19-20,22-26,28,52,54-55H2,1,3-9H3,(H,56,64)(H,58,66)(H,60,65)(H,61,63)/b30-13+,35-16+/t32-,39-,40-,44-/m0/s1. The van der Waals surface area contributed by atoms with Crippen LogP contribution < -0.4 is 47.9 Å². The molecule has 5 amide bonds. The number of hydrogen-bond acceptors (Lipinski definition) is 13. The number of allylic oxidation sites excluding steroid dienone is 5. The number of aromatic nitrogens is 2. The van der Waals surface area contributed by atoms with Gasteiger partial charge in [-0.15, -0.1) is 0 Å². The number of hydrogen-bond donors (Lipinski definition) is 7. The predicted octanol–water partition coefficient (Wildman–Crippen LogP) is 3.47. The summed E-state index contributed by atoms with van der Waals surface area (Å²) < 4.78 is 12.2. The molecule has 0 saturated heterocycles. The number of carbonyl (C=O) groups excluding carboxylic acids is 5. The van der Waals surface area contributed by atoms with Crippen molar-refractivity contribution in [2.75, 3.05) is 46.4 Å². The molecule has 4 bridgehead atoms. The molecule has 0 aliphatic carbocycles. The van der Waals surface area contributed by atoms with Crippen LogP contribution in [0.1, 0.15) is 99.1 Å². The lowest BCUT2D eigenvalue weighted by atomic mass is 9.86. The maximum atomic E-state index is 14.9. The van der Waals surface area contributed by atoms with Gasteiger partial charge in [-0.3, -0.25) is 24.0 Å². The molecule has 3 aromatic rings. The van der Waals surface area contributed by atoms with E-state index in [0.717, 1.165) is 11.1 Å². The highest BCUT2D eigenvalue weighted by Crippen LogP contribution is 2.40. The number of rotatable bonds is 19. The summed E-state index contributed by atoms with van der Waals surface area (Å²) in [7, 11) is 1.42. The average Bonchev–Trinajstić information content (AvgIpc) is 3.30. The van der Waals surface area contributed by atoms with Crippen LogP contribution in [0.15, 0.2) is 66.8 Å². The monoisotopic (exact) mass is 948 g/mol. The molecule has 0 saturated carbocycles. The van der Waals surface area contributed by atoms with Gasteiger partial charge >= 0.3 is 0 Å². The van der Waals surface area contributed by atoms with Gasteiger partial charge in [-0.2, -0.15) is 5.26 Å². The lowest BCUT2D eigenvalue weighted by molar-refractivity contribution is -0.141. The van der Waals surface area contributed by atoms with E-state index >= 15 is 0 Å². The van der Waals surface area contributed by atoms with E-state index in [9.17, 15) is 29.2 Å². The fraction of sp³-hybridized carbons (Fsp3) is 0.451. The molecule has 1 aliphatic rings. The summed E-state index contributed by atoms with van der Waals surface area (Å²) in [6.45, 7) is 17.6. The van der Waals surface area contributed by atoms with Gasteiger partial charge in [0.1, 0.15) is 55.4 Å². The Bertz CT molecular complexity index is 2470. The SMILES string of the molecule is C=C/C(=C\C=C(/C)c1nc(C)c(C(=O)N[C@@H](CCN)C(=O)N(C)[C@@H]2C(=O)N[C@@H](C)C(=O)N[C@H](C(=O)NCC#N)Cc3ccc(OCCN)c(c3)-c3cc2ccc3OCCN)c(CCC)n1)C(C)(C)C. The number of nitrogens with zero attached hydrogens (tertiary/aromatic N) is 4. The molecule has 370 valence electrons. The maximum absolute atomic E-state index is 14.9. The number of aryl methyl sites for hydroxylation is 2. The minimum atomic E-state index is -1.41. The molecule has 1 aromatic heterocycles. The van der Waals surface area contributed by atoms with Crippen LogP contribution in [0.4, 0.5) is 0 Å². The number of benzene rings is 2. The Labute approximate surface area is 405 Å². The molecule has 1 aliphatic heterocycles. The molecule has 18 nitrogen and oxygen atoms in total. The van der Waals surface area contributed by atoms with Crippen LogP contribution in [0.25, 0.3) is 16.7 Å². The number of nitriles is 1. The molecular weight excluding hydrogens is 879 g/mol. The number of amides is 5. The molecule has 2 aromatic carbocycles. The Morgan fingerprint density at radius 2 is 1.64 bits per heavy atom. The molecule has 69 heavy (non-hydrogen) atoms. The lowest BCUT2D eigenvalue weighted by Crippen LogP contribution is -2.56. The summed E-state index contributed by atoms with van der Waals surface area (Å²) in [6.07, 6.45) is 6.84. The highest BCUT2D eigenvalue weighted by atomic mass is 16.5. The molecule has 2 heterocycles. The zero-order valence-corrected chi connectivity index (χ0v) is 41.2. The molecule has 10 N–H and O–H groups in total. The van der Waals surface area contributed by atoms with Crippen LogP contribution in [-0.2, 0) is 32.0 Å². The van der Waals surface area contributed by atoms with E-state index < -0.39 is 53.7 Å². The van der Waals surface area contributed by atoms with E-state index in [-0.39, 0.29) is 63.2 Å². The zero-order valence-electron chi connectivity index (χ0n) is 41.2. The largest absolute Gasteiger partial charge is 0.492 e. The van der Waals surface area contributed by atoms with Crippen LogP contribution in [-0.4, -0.2) is 109 Å². The van der Waals surface area contributed by atoms with Crippen LogP contribution in [0.3, 0.4) is 0 Å². The lowest BCUT2D eigenvalue weighted by Gasteiger charge is -2.32. The molecule has 0 fully saturated rings. The Morgan fingerprint density at radius 3 is 2.23 bits per heavy atom. The van der Waals surface area contributed by atoms with E-state index in [1.165, 1.54) is 18.9 Å². The Kier molecular flexibility index (Phi) is 20.1. The number of fused-ring (bicyclic) bond motifs is 5. The van der Waals surface area contributed by atoms with Crippen molar-refractivity contribution in [3.63, 3.8) is 0 Å². The Hall–Kier alpha value is -6.94. The van der Waals surface area contributed by atoms with Crippen molar-refractivity contribution in [1.82, 2.24) is 36.1 Å². The van der Waals surface area contributed by atoms with Gasteiger partial charge in [0.15, 0.2) is 5.82 Å². The minimum Gasteiger partial charge on any atom is -0.492 e. The van der Waals surface area contributed by atoms with Gasteiger partial charge in [-0.25, -0.2) is 9.97 Å². The maximum Gasteiger partial charge on any atom is 0.255 e. The molecule has 4 rings (SSSR count). The summed E-state index contributed by atoms with van der Waals surface area (Å²) >= 11 is 0. The first-order valence-corrected chi connectivity index (χ1v) is 23.2. The second-order valence-electron chi connectivity index (χ2n) is 17.8. The zero-order chi connectivity index (χ0) is 51.0. The van der Waals surface area contributed by atoms with E-state index in [1.807, 2.05) is 38.1 Å². The summed E-state index contributed by atoms with van der Waals surface area (Å²) in [6, 6.07) is 7.03. The summed E-state index contributed by atoms with van der Waals surface area (Å²) in [4.78, 5) is 81.9. The predicted molar refractivity (Wildman–Crippen MR) is 265 cm³/mol. The van der Waals surface area contributed by atoms with Gasteiger partial charge in [0.2, 0.25) is 23.6 Å². The van der Waals surface area contributed by atoms with Crippen LogP contribution in [0, 0.1) is 23.7 Å². The van der Waals surface area contributed by atoms with Crippen molar-refractivity contribution in [2.45, 2.75) is 98.3 Å². The van der Waals surface area contributed by atoms with Crippen LogP contribution in [0.2, 0.25) is 0 Å². The first kappa shape index (κ1) is 54.7. The topological polar surface area (TPSA) is 283 Å². The van der Waals surface area contributed by atoms with E-state index in [1.54, 1.807) is 43.3 Å². The summed E-state index contributed by atoms with van der Waals surface area (Å²) in [5.74, 6) is -2.10. The van der Waals surface area contributed by atoms with Crippen molar-refractivity contribution in [1.29, 1.82) is 5.26 Å². The number of nitrogens with two attached hydrogens (primary N) is 3. The molecule has 4 atom stereocenters. The van der Waals surface area contributed by atoms with Gasteiger partial charge in [0, 0.05) is 37.7 Å². The highest BCUT2D eigenvalue weighted by molar-refractivity contribution is 6.00. The van der Waals surface area contributed by atoms with Crippen LogP contribution in [0.5, 0.6) is 11.5 Å². The number of likely N-dealkylation sites (N-methyl/N-ethyl adjacent to an activating group) is 1. The van der Waals surface area contributed by atoms with Gasteiger partial charge in [-0.1, -0.05) is 71.1 Å². The third kappa shape index (κ3) is 14.3. The molecule has 0 radical (unpaired) electrons. The fourth-order valence-electron chi connectivity index (χ4n) is 7.80. The molecule has 0 unspecified atom stereocenters. The number of nitrogens with one attached hydrogen (secondary N) is 4. The average molecular weight is 948 g/mol. The quantitative estimate of drug-likeness (QED) is 0.0671. The van der Waals surface area contributed by atoms with Crippen molar-refractivity contribution in [2.24, 2.45) is 22.6 Å². The van der Waals surface area contributed by atoms with Gasteiger partial charge in [0.05, 0.1) is 23.0 Å². The van der Waals surface area contributed by atoms with E-state index in [2.05, 4.69) is 48.6 Å². The number of carbonyl (C=O) groups is 5. The Balaban J connectivity index is 1.85. The number of ether oxygens (including phenoxy) is 2. The molecule has 0 spiro atoms. The van der Waals surface area contributed by atoms with Crippen molar-refractivity contribution < 1.29 is 33.4 Å². The van der Waals surface area contributed by atoms with Gasteiger partial charge in [-0.05, 0) is 92.1 Å². The first-order chi connectivity index (χ1) is 32.8. The van der Waals surface area contributed by atoms with E-state index in [4.69, 9.17) is 36.6 Å². The smallest absolute Gasteiger partial charge is 0.255 e. The molecular formula is C51H69N11O7. The summed E-state index contributed by atoms with van der Waals surface area (Å²) in [5, 5.41) is 20.0. The van der Waals surface area contributed by atoms with Crippen molar-refractivity contribution >= 4 is 35.1 Å². The second-order valence-corrected chi connectivity index (χ2v) is 17.8. The van der Waals surface area contributed by atoms with Crippen molar-refractivity contribution in [3.05, 3.63) is 101 Å². The fourth-order valence-corrected chi connectivity index (χ4v) is 7.80. The van der Waals surface area contributed by atoms with Crippen LogP contribution >= 0.6 is 0 Å². The van der Waals surface area contributed by atoms with Crippen molar-refractivity contribution in [3.8, 4) is 28.7 Å². The van der Waals surface area contributed by atoms with Gasteiger partial charge < -0.3 is 52.8 Å². The van der Waals surface area contributed by atoms with E-state index in [0.29, 0.717) is 63.8 Å². The first-order valence-electron chi connectivity index (χ1n) is 23.2. The summed E-state index contributed by atoms with van der Waals surface area (Å²) in [5.41, 5.74) is 22.5. The minimum absolute atomic E-state index is 0.000816. The second kappa shape index (κ2) is 25.4. The Morgan fingerprint density at radius 1 is 0.986 bits per heavy atom. The third-order valence-corrected chi connectivity index (χ3v) is 11.4.